The second kappa shape index (κ2) is 4.82. The molecule has 0 aromatic carbocycles. The number of hydrogen-bond acceptors (Lipinski definition) is 7. The Kier molecular flexibility index (Phi) is 3.11. The van der Waals surface area contributed by atoms with E-state index < -0.39 is 40.9 Å². The molecular weight excluding hydrogens is 352 g/mol. The SMILES string of the molecule is C=C1C(=O)O[C@H]2[C@H]1C[C@@H](OC(=O)/C(C)=C/C)[C@@](C)(O)[C@@]13O[C@@H]1[C@@H]1O[C@]1(C)[C@H]23. The van der Waals surface area contributed by atoms with E-state index in [4.69, 9.17) is 18.9 Å². The van der Waals surface area contributed by atoms with Gasteiger partial charge in [-0.3, -0.25) is 0 Å². The molecule has 0 radical (unpaired) electrons. The van der Waals surface area contributed by atoms with Gasteiger partial charge in [-0.1, -0.05) is 12.7 Å². The number of esters is 2. The highest BCUT2D eigenvalue weighted by Crippen LogP contribution is 2.75. The lowest BCUT2D eigenvalue weighted by Gasteiger charge is -2.39. The Balaban J connectivity index is 1.59. The number of fused-ring (bicyclic) bond motifs is 5. The van der Waals surface area contributed by atoms with Crippen molar-refractivity contribution in [3.05, 3.63) is 23.8 Å². The van der Waals surface area contributed by atoms with Crippen molar-refractivity contribution in [3.63, 3.8) is 0 Å². The summed E-state index contributed by atoms with van der Waals surface area (Å²) in [7, 11) is 0. The number of hydrogen-bond donors (Lipinski definition) is 1. The van der Waals surface area contributed by atoms with Gasteiger partial charge in [-0.15, -0.1) is 0 Å². The Morgan fingerprint density at radius 2 is 2.04 bits per heavy atom. The van der Waals surface area contributed by atoms with E-state index in [1.54, 1.807) is 26.8 Å². The summed E-state index contributed by atoms with van der Waals surface area (Å²) in [6.07, 6.45) is 0.113. The van der Waals surface area contributed by atoms with Crippen molar-refractivity contribution in [2.75, 3.05) is 0 Å². The minimum Gasteiger partial charge on any atom is -0.458 e. The molecule has 27 heavy (non-hydrogen) atoms. The van der Waals surface area contributed by atoms with Crippen LogP contribution in [-0.2, 0) is 28.5 Å². The third kappa shape index (κ3) is 1.83. The molecule has 2 saturated carbocycles. The molecule has 5 fully saturated rings. The van der Waals surface area contributed by atoms with Gasteiger partial charge in [0.1, 0.15) is 41.2 Å². The quantitative estimate of drug-likeness (QED) is 0.437. The zero-order valence-electron chi connectivity index (χ0n) is 15.9. The summed E-state index contributed by atoms with van der Waals surface area (Å²) < 4.78 is 23.3. The highest BCUT2D eigenvalue weighted by atomic mass is 16.7. The molecule has 3 heterocycles. The van der Waals surface area contributed by atoms with Crippen LogP contribution in [0.4, 0.5) is 0 Å². The first-order chi connectivity index (χ1) is 12.6. The van der Waals surface area contributed by atoms with Crippen molar-refractivity contribution < 1.29 is 33.6 Å². The van der Waals surface area contributed by atoms with Crippen LogP contribution < -0.4 is 0 Å². The molecule has 1 spiro atoms. The first-order valence-corrected chi connectivity index (χ1v) is 9.41. The van der Waals surface area contributed by atoms with Crippen LogP contribution in [0.25, 0.3) is 0 Å². The van der Waals surface area contributed by atoms with Gasteiger partial charge in [0.15, 0.2) is 0 Å². The largest absolute Gasteiger partial charge is 0.458 e. The van der Waals surface area contributed by atoms with Gasteiger partial charge in [-0.25, -0.2) is 9.59 Å². The third-order valence-electron chi connectivity index (χ3n) is 7.50. The number of carbonyl (C=O) groups is 2. The van der Waals surface area contributed by atoms with Gasteiger partial charge in [-0.05, 0) is 34.1 Å². The molecule has 5 rings (SSSR count). The molecule has 0 amide bonds. The minimum absolute atomic E-state index is 0.145. The van der Waals surface area contributed by atoms with Crippen LogP contribution >= 0.6 is 0 Å². The van der Waals surface area contributed by atoms with E-state index in [1.807, 2.05) is 6.92 Å². The summed E-state index contributed by atoms with van der Waals surface area (Å²) in [5.41, 5.74) is -2.11. The van der Waals surface area contributed by atoms with Crippen LogP contribution in [-0.4, -0.2) is 58.3 Å². The number of ether oxygens (including phenoxy) is 4. The smallest absolute Gasteiger partial charge is 0.334 e. The first-order valence-electron chi connectivity index (χ1n) is 9.41. The Hall–Kier alpha value is -1.70. The first kappa shape index (κ1) is 17.4. The Morgan fingerprint density at radius 3 is 2.70 bits per heavy atom. The second-order valence-corrected chi connectivity index (χ2v) is 8.78. The van der Waals surface area contributed by atoms with Crippen molar-refractivity contribution >= 4 is 11.9 Å². The average molecular weight is 376 g/mol. The molecule has 0 unspecified atom stereocenters. The number of rotatable bonds is 2. The maximum Gasteiger partial charge on any atom is 0.334 e. The van der Waals surface area contributed by atoms with E-state index in [1.165, 1.54) is 0 Å². The molecule has 7 nitrogen and oxygen atoms in total. The van der Waals surface area contributed by atoms with Crippen LogP contribution in [0.3, 0.4) is 0 Å². The zero-order chi connectivity index (χ0) is 19.5. The van der Waals surface area contributed by atoms with Gasteiger partial charge < -0.3 is 24.1 Å². The molecule has 3 saturated heterocycles. The maximum absolute atomic E-state index is 12.4. The third-order valence-corrected chi connectivity index (χ3v) is 7.50. The Morgan fingerprint density at radius 1 is 1.33 bits per heavy atom. The van der Waals surface area contributed by atoms with Crippen LogP contribution in [0, 0.1) is 11.8 Å². The molecule has 0 aromatic rings. The fourth-order valence-electron chi connectivity index (χ4n) is 5.71. The summed E-state index contributed by atoms with van der Waals surface area (Å²) >= 11 is 0. The van der Waals surface area contributed by atoms with Gasteiger partial charge in [0.05, 0.1) is 5.92 Å². The topological polar surface area (TPSA) is 97.9 Å². The zero-order valence-corrected chi connectivity index (χ0v) is 15.9. The van der Waals surface area contributed by atoms with E-state index in [2.05, 4.69) is 6.58 Å². The predicted molar refractivity (Wildman–Crippen MR) is 91.4 cm³/mol. The molecule has 146 valence electrons. The lowest BCUT2D eigenvalue weighted by molar-refractivity contribution is -0.175. The summed E-state index contributed by atoms with van der Waals surface area (Å²) in [6, 6.07) is 0. The minimum atomic E-state index is -1.44. The summed E-state index contributed by atoms with van der Waals surface area (Å²) in [5.74, 6) is -1.63. The van der Waals surface area contributed by atoms with Gasteiger partial charge in [0.25, 0.3) is 0 Å². The van der Waals surface area contributed by atoms with E-state index in [-0.39, 0.29) is 30.5 Å². The van der Waals surface area contributed by atoms with E-state index in [0.29, 0.717) is 11.1 Å². The van der Waals surface area contributed by atoms with Crippen molar-refractivity contribution in [2.45, 2.75) is 75.3 Å². The van der Waals surface area contributed by atoms with E-state index in [9.17, 15) is 14.7 Å². The van der Waals surface area contributed by atoms with Gasteiger partial charge in [0, 0.05) is 17.1 Å². The maximum atomic E-state index is 12.4. The number of allylic oxidation sites excluding steroid dienone is 1. The summed E-state index contributed by atoms with van der Waals surface area (Å²) in [6.45, 7) is 10.9. The van der Waals surface area contributed by atoms with Crippen molar-refractivity contribution in [1.29, 1.82) is 0 Å². The lowest BCUT2D eigenvalue weighted by atomic mass is 9.73. The molecule has 3 aliphatic heterocycles. The van der Waals surface area contributed by atoms with Crippen LogP contribution in [0.2, 0.25) is 0 Å². The molecule has 9 atom stereocenters. The highest BCUT2D eigenvalue weighted by molar-refractivity contribution is 5.91. The fraction of sp³-hybridized carbons (Fsp3) is 0.700. The van der Waals surface area contributed by atoms with Crippen LogP contribution in [0.1, 0.15) is 34.1 Å². The number of carbonyl (C=O) groups excluding carboxylic acids is 2. The number of epoxide rings is 2. The molecule has 2 aliphatic carbocycles. The van der Waals surface area contributed by atoms with Crippen LogP contribution in [0.5, 0.6) is 0 Å². The lowest BCUT2D eigenvalue weighted by Crippen LogP contribution is -2.59. The molecule has 1 N–H and O–H groups in total. The van der Waals surface area contributed by atoms with Crippen molar-refractivity contribution in [3.8, 4) is 0 Å². The van der Waals surface area contributed by atoms with Gasteiger partial charge >= 0.3 is 11.9 Å². The summed E-state index contributed by atoms with van der Waals surface area (Å²) in [4.78, 5) is 24.7. The van der Waals surface area contributed by atoms with Crippen LogP contribution in [0.15, 0.2) is 23.8 Å². The van der Waals surface area contributed by atoms with E-state index >= 15 is 0 Å². The molecule has 5 aliphatic rings. The monoisotopic (exact) mass is 376 g/mol. The molecule has 7 heteroatoms. The molecule has 0 bridgehead atoms. The van der Waals surface area contributed by atoms with E-state index in [0.717, 1.165) is 0 Å². The highest BCUT2D eigenvalue weighted by Gasteiger charge is 2.93. The molecular formula is C20H24O7. The van der Waals surface area contributed by atoms with Gasteiger partial charge in [-0.2, -0.15) is 0 Å². The van der Waals surface area contributed by atoms with Crippen molar-refractivity contribution in [1.82, 2.24) is 0 Å². The standard InChI is InChI=1S/C20H24O7/c1-6-8(2)16(21)24-11-7-10-9(3)17(22)25-12(10)13-18(4)14(26-18)15-20(13,27-15)19(11,5)23/h6,10-15,23H,3,7H2,1-2,4-5H3/b8-6+/t10-,11+,12-,13-,14-,15+,18+,19+,20-/m0/s1. The molecule has 0 aromatic heterocycles. The van der Waals surface area contributed by atoms with Gasteiger partial charge in [0.2, 0.25) is 0 Å². The Labute approximate surface area is 157 Å². The normalized spacial score (nSPS) is 54.9. The fourth-order valence-corrected chi connectivity index (χ4v) is 5.71. The predicted octanol–water partition coefficient (Wildman–Crippen LogP) is 1.04. The second-order valence-electron chi connectivity index (χ2n) is 8.78. The average Bonchev–Trinajstić information content (AvgIpc) is 3.47. The van der Waals surface area contributed by atoms with Crippen molar-refractivity contribution in [2.24, 2.45) is 11.8 Å². The number of aliphatic hydroxyl groups is 1. The summed E-state index contributed by atoms with van der Waals surface area (Å²) in [5, 5.41) is 11.6. The Bertz CT molecular complexity index is 813.